The average molecular weight is 352 g/mol. The maximum Gasteiger partial charge on any atom is 0.165 e. The van der Waals surface area contributed by atoms with E-state index >= 15 is 0 Å². The van der Waals surface area contributed by atoms with Crippen LogP contribution in [0.4, 0.5) is 5.82 Å². The SMILES string of the molecule is CCc1c2c(cc(Br)c1-c1cc(N)n(C)n1)OCCCO2. The number of rotatable bonds is 2. The summed E-state index contributed by atoms with van der Waals surface area (Å²) in [5.41, 5.74) is 8.87. The summed E-state index contributed by atoms with van der Waals surface area (Å²) < 4.78 is 14.3. The van der Waals surface area contributed by atoms with E-state index in [4.69, 9.17) is 15.2 Å². The fourth-order valence-corrected chi connectivity index (χ4v) is 3.21. The first-order chi connectivity index (χ1) is 10.1. The van der Waals surface area contributed by atoms with Gasteiger partial charge in [-0.1, -0.05) is 6.92 Å². The first kappa shape index (κ1) is 14.3. The van der Waals surface area contributed by atoms with Crippen molar-refractivity contribution >= 4 is 21.7 Å². The average Bonchev–Trinajstić information content (AvgIpc) is 2.66. The fraction of sp³-hybridized carbons (Fsp3) is 0.400. The molecular formula is C15H18BrN3O2. The Balaban J connectivity index is 2.22. The van der Waals surface area contributed by atoms with Gasteiger partial charge in [-0.3, -0.25) is 4.68 Å². The molecule has 0 spiro atoms. The minimum Gasteiger partial charge on any atom is -0.490 e. The molecule has 112 valence electrons. The summed E-state index contributed by atoms with van der Waals surface area (Å²) in [6.45, 7) is 3.45. The molecule has 0 aliphatic carbocycles. The predicted molar refractivity (Wildman–Crippen MR) is 85.7 cm³/mol. The van der Waals surface area contributed by atoms with Crippen LogP contribution in [0.5, 0.6) is 11.5 Å². The van der Waals surface area contributed by atoms with Gasteiger partial charge in [-0.2, -0.15) is 5.10 Å². The van der Waals surface area contributed by atoms with Gasteiger partial charge < -0.3 is 15.2 Å². The lowest BCUT2D eigenvalue weighted by atomic mass is 10.0. The summed E-state index contributed by atoms with van der Waals surface area (Å²) >= 11 is 3.64. The predicted octanol–water partition coefficient (Wildman–Crippen LogP) is 3.16. The highest BCUT2D eigenvalue weighted by Crippen LogP contribution is 2.44. The number of halogens is 1. The molecule has 0 saturated heterocycles. The van der Waals surface area contributed by atoms with Crippen LogP contribution < -0.4 is 15.2 Å². The molecule has 21 heavy (non-hydrogen) atoms. The molecule has 2 aromatic rings. The van der Waals surface area contributed by atoms with Gasteiger partial charge in [0.2, 0.25) is 0 Å². The number of ether oxygens (including phenoxy) is 2. The van der Waals surface area contributed by atoms with Crippen LogP contribution in [0.2, 0.25) is 0 Å². The number of aromatic nitrogens is 2. The summed E-state index contributed by atoms with van der Waals surface area (Å²) in [6, 6.07) is 3.84. The van der Waals surface area contributed by atoms with E-state index in [1.165, 1.54) is 0 Å². The topological polar surface area (TPSA) is 62.3 Å². The summed E-state index contributed by atoms with van der Waals surface area (Å²) in [4.78, 5) is 0. The smallest absolute Gasteiger partial charge is 0.165 e. The zero-order valence-corrected chi connectivity index (χ0v) is 13.7. The number of nitrogen functional groups attached to an aromatic ring is 1. The van der Waals surface area contributed by atoms with Crippen molar-refractivity contribution in [2.24, 2.45) is 7.05 Å². The molecule has 5 nitrogen and oxygen atoms in total. The highest BCUT2D eigenvalue weighted by molar-refractivity contribution is 9.10. The van der Waals surface area contributed by atoms with Crippen LogP contribution >= 0.6 is 15.9 Å². The number of nitrogens with two attached hydrogens (primary N) is 1. The molecule has 0 saturated carbocycles. The zero-order chi connectivity index (χ0) is 15.0. The van der Waals surface area contributed by atoms with Crippen LogP contribution in [0.25, 0.3) is 11.3 Å². The van der Waals surface area contributed by atoms with E-state index in [9.17, 15) is 0 Å². The highest BCUT2D eigenvalue weighted by Gasteiger charge is 2.22. The lowest BCUT2D eigenvalue weighted by Gasteiger charge is -2.16. The molecule has 0 radical (unpaired) electrons. The summed E-state index contributed by atoms with van der Waals surface area (Å²) in [5.74, 6) is 2.26. The Morgan fingerprint density at radius 2 is 2.10 bits per heavy atom. The van der Waals surface area contributed by atoms with Crippen LogP contribution in [-0.4, -0.2) is 23.0 Å². The van der Waals surface area contributed by atoms with Crippen molar-refractivity contribution < 1.29 is 9.47 Å². The van der Waals surface area contributed by atoms with Crippen molar-refractivity contribution in [3.05, 3.63) is 22.2 Å². The van der Waals surface area contributed by atoms with E-state index in [1.807, 2.05) is 19.2 Å². The van der Waals surface area contributed by atoms with Crippen LogP contribution in [-0.2, 0) is 13.5 Å². The molecule has 0 amide bonds. The molecule has 0 fully saturated rings. The second kappa shape index (κ2) is 5.60. The van der Waals surface area contributed by atoms with Gasteiger partial charge in [-0.25, -0.2) is 0 Å². The van der Waals surface area contributed by atoms with Crippen molar-refractivity contribution in [1.29, 1.82) is 0 Å². The van der Waals surface area contributed by atoms with Crippen molar-refractivity contribution in [3.63, 3.8) is 0 Å². The van der Waals surface area contributed by atoms with Gasteiger partial charge in [0.15, 0.2) is 11.5 Å². The monoisotopic (exact) mass is 351 g/mol. The van der Waals surface area contributed by atoms with E-state index in [2.05, 4.69) is 28.0 Å². The Morgan fingerprint density at radius 1 is 1.33 bits per heavy atom. The first-order valence-electron chi connectivity index (χ1n) is 7.02. The van der Waals surface area contributed by atoms with Gasteiger partial charge in [0.1, 0.15) is 5.82 Å². The first-order valence-corrected chi connectivity index (χ1v) is 7.82. The number of fused-ring (bicyclic) bond motifs is 1. The van der Waals surface area contributed by atoms with Crippen molar-refractivity contribution in [2.45, 2.75) is 19.8 Å². The summed E-state index contributed by atoms with van der Waals surface area (Å²) in [7, 11) is 1.83. The molecule has 3 rings (SSSR count). The molecule has 6 heteroatoms. The lowest BCUT2D eigenvalue weighted by molar-refractivity contribution is 0.296. The Labute approximate surface area is 132 Å². The third-order valence-corrected chi connectivity index (χ3v) is 4.24. The van der Waals surface area contributed by atoms with Crippen molar-refractivity contribution in [1.82, 2.24) is 9.78 Å². The lowest BCUT2D eigenvalue weighted by Crippen LogP contribution is -2.01. The Morgan fingerprint density at radius 3 is 2.76 bits per heavy atom. The largest absolute Gasteiger partial charge is 0.490 e. The van der Waals surface area contributed by atoms with Crippen molar-refractivity contribution in [2.75, 3.05) is 18.9 Å². The maximum atomic E-state index is 5.91. The van der Waals surface area contributed by atoms with Crippen LogP contribution in [0.15, 0.2) is 16.6 Å². The molecule has 1 aromatic carbocycles. The van der Waals surface area contributed by atoms with Gasteiger partial charge in [-0.05, 0) is 28.4 Å². The number of hydrogen-bond donors (Lipinski definition) is 1. The molecule has 0 atom stereocenters. The van der Waals surface area contributed by atoms with E-state index in [0.717, 1.165) is 45.6 Å². The van der Waals surface area contributed by atoms with Gasteiger partial charge in [0, 0.05) is 35.1 Å². The fourth-order valence-electron chi connectivity index (χ4n) is 2.56. The second-order valence-corrected chi connectivity index (χ2v) is 5.88. The van der Waals surface area contributed by atoms with E-state index in [1.54, 1.807) is 4.68 Å². The summed E-state index contributed by atoms with van der Waals surface area (Å²) in [6.07, 6.45) is 1.72. The number of hydrogen-bond acceptors (Lipinski definition) is 4. The molecule has 2 N–H and O–H groups in total. The zero-order valence-electron chi connectivity index (χ0n) is 12.1. The Kier molecular flexibility index (Phi) is 3.80. The van der Waals surface area contributed by atoms with Gasteiger partial charge >= 0.3 is 0 Å². The molecule has 2 heterocycles. The van der Waals surface area contributed by atoms with Crippen LogP contribution in [0.3, 0.4) is 0 Å². The molecule has 1 aliphatic rings. The highest BCUT2D eigenvalue weighted by atomic mass is 79.9. The number of anilines is 1. The van der Waals surface area contributed by atoms with Gasteiger partial charge in [0.25, 0.3) is 0 Å². The van der Waals surface area contributed by atoms with Crippen LogP contribution in [0, 0.1) is 0 Å². The summed E-state index contributed by atoms with van der Waals surface area (Å²) in [5, 5.41) is 4.49. The molecule has 1 aromatic heterocycles. The van der Waals surface area contributed by atoms with Crippen molar-refractivity contribution in [3.8, 4) is 22.8 Å². The number of benzene rings is 1. The standard InChI is InChI=1S/C15H18BrN3O2/c1-3-9-14(11-8-13(17)19(2)18-11)10(16)7-12-15(9)21-6-4-5-20-12/h7-8H,3-6,17H2,1-2H3. The number of aryl methyl sites for hydroxylation is 1. The van der Waals surface area contributed by atoms with Crippen LogP contribution in [0.1, 0.15) is 18.9 Å². The molecule has 0 unspecified atom stereocenters. The minimum atomic E-state index is 0.631. The third-order valence-electron chi connectivity index (χ3n) is 3.61. The van der Waals surface area contributed by atoms with E-state index < -0.39 is 0 Å². The minimum absolute atomic E-state index is 0.631. The van der Waals surface area contributed by atoms with E-state index in [-0.39, 0.29) is 0 Å². The normalized spacial score (nSPS) is 14.0. The molecular weight excluding hydrogens is 334 g/mol. The molecule has 1 aliphatic heterocycles. The Bertz CT molecular complexity index is 663. The van der Waals surface area contributed by atoms with Gasteiger partial charge in [0.05, 0.1) is 18.9 Å². The molecule has 0 bridgehead atoms. The number of nitrogens with zero attached hydrogens (tertiary/aromatic N) is 2. The second-order valence-electron chi connectivity index (χ2n) is 5.02. The van der Waals surface area contributed by atoms with E-state index in [0.29, 0.717) is 19.0 Å². The Hall–Kier alpha value is -1.69. The third kappa shape index (κ3) is 2.48. The maximum absolute atomic E-state index is 5.91. The van der Waals surface area contributed by atoms with Gasteiger partial charge in [-0.15, -0.1) is 0 Å². The quantitative estimate of drug-likeness (QED) is 0.902.